The zero-order chi connectivity index (χ0) is 25.2. The summed E-state index contributed by atoms with van der Waals surface area (Å²) in [6.07, 6.45) is -4.28. The van der Waals surface area contributed by atoms with Gasteiger partial charge >= 0.3 is 11.9 Å². The lowest BCUT2D eigenvalue weighted by Gasteiger charge is -2.44. The van der Waals surface area contributed by atoms with Crippen molar-refractivity contribution in [1.29, 1.82) is 0 Å². The molecule has 2 aromatic rings. The molecule has 0 radical (unpaired) electrons. The van der Waals surface area contributed by atoms with Gasteiger partial charge in [0.15, 0.2) is 6.10 Å². The SMILES string of the molecule is CC(=O)CCC(=O)O[C@H]1[C@H](OC(C)=O)O[C@@H](C)[C@H](OCc2ccccc2)[C@H]1OCc1ccccc1. The zero-order valence-corrected chi connectivity index (χ0v) is 20.3. The number of rotatable bonds is 11. The van der Waals surface area contributed by atoms with Crippen LogP contribution < -0.4 is 0 Å². The smallest absolute Gasteiger partial charge is 0.306 e. The van der Waals surface area contributed by atoms with Crippen LogP contribution in [0, 0.1) is 0 Å². The van der Waals surface area contributed by atoms with E-state index in [0.717, 1.165) is 11.1 Å². The van der Waals surface area contributed by atoms with Gasteiger partial charge in [0.1, 0.15) is 18.0 Å². The fraction of sp³-hybridized carbons (Fsp3) is 0.444. The van der Waals surface area contributed by atoms with Crippen LogP contribution in [0.5, 0.6) is 0 Å². The topological polar surface area (TPSA) is 97.4 Å². The molecular formula is C27H32O8. The number of hydrogen-bond acceptors (Lipinski definition) is 8. The van der Waals surface area contributed by atoms with Crippen molar-refractivity contribution >= 4 is 17.7 Å². The van der Waals surface area contributed by atoms with Crippen LogP contribution in [-0.4, -0.2) is 48.4 Å². The molecule has 1 aliphatic heterocycles. The van der Waals surface area contributed by atoms with E-state index in [1.54, 1.807) is 6.92 Å². The van der Waals surface area contributed by atoms with E-state index in [4.69, 9.17) is 23.7 Å². The number of esters is 2. The number of carbonyl (C=O) groups excluding carboxylic acids is 3. The Bertz CT molecular complexity index is 962. The van der Waals surface area contributed by atoms with Gasteiger partial charge in [-0.25, -0.2) is 0 Å². The largest absolute Gasteiger partial charge is 0.453 e. The molecule has 0 unspecified atom stereocenters. The van der Waals surface area contributed by atoms with E-state index in [1.165, 1.54) is 13.8 Å². The molecule has 0 saturated carbocycles. The molecule has 1 saturated heterocycles. The Morgan fingerprint density at radius 3 is 1.80 bits per heavy atom. The van der Waals surface area contributed by atoms with Crippen LogP contribution in [0.1, 0.15) is 44.7 Å². The number of ketones is 1. The third-order valence-corrected chi connectivity index (χ3v) is 5.53. The van der Waals surface area contributed by atoms with Crippen molar-refractivity contribution in [1.82, 2.24) is 0 Å². The van der Waals surface area contributed by atoms with Crippen molar-refractivity contribution in [3.05, 3.63) is 71.8 Å². The number of hydrogen-bond donors (Lipinski definition) is 0. The summed E-state index contributed by atoms with van der Waals surface area (Å²) in [6.45, 7) is 4.95. The Morgan fingerprint density at radius 1 is 0.743 bits per heavy atom. The predicted octanol–water partition coefficient (Wildman–Crippen LogP) is 3.75. The molecule has 0 bridgehead atoms. The molecule has 0 amide bonds. The predicted molar refractivity (Wildman–Crippen MR) is 126 cm³/mol. The number of Topliss-reactive ketones (excluding diaryl/α,β-unsaturated/α-hetero) is 1. The third-order valence-electron chi connectivity index (χ3n) is 5.53. The van der Waals surface area contributed by atoms with Gasteiger partial charge in [0.2, 0.25) is 6.29 Å². The van der Waals surface area contributed by atoms with Gasteiger partial charge in [-0.15, -0.1) is 0 Å². The Hall–Kier alpha value is -3.07. The minimum atomic E-state index is -1.18. The number of benzene rings is 2. The summed E-state index contributed by atoms with van der Waals surface area (Å²) in [7, 11) is 0. The summed E-state index contributed by atoms with van der Waals surface area (Å²) in [4.78, 5) is 35.7. The van der Waals surface area contributed by atoms with Gasteiger partial charge in [0.25, 0.3) is 0 Å². The van der Waals surface area contributed by atoms with Crippen LogP contribution in [0.15, 0.2) is 60.7 Å². The average Bonchev–Trinajstić information content (AvgIpc) is 2.83. The van der Waals surface area contributed by atoms with E-state index in [1.807, 2.05) is 60.7 Å². The molecule has 3 rings (SSSR count). The maximum absolute atomic E-state index is 12.6. The summed E-state index contributed by atoms with van der Waals surface area (Å²) in [5.41, 5.74) is 1.87. The van der Waals surface area contributed by atoms with E-state index in [0.29, 0.717) is 0 Å². The van der Waals surface area contributed by atoms with Crippen molar-refractivity contribution < 1.29 is 38.1 Å². The minimum Gasteiger partial charge on any atom is -0.453 e. The fourth-order valence-corrected chi connectivity index (χ4v) is 3.80. The van der Waals surface area contributed by atoms with Gasteiger partial charge in [-0.05, 0) is 25.0 Å². The van der Waals surface area contributed by atoms with Crippen molar-refractivity contribution in [3.63, 3.8) is 0 Å². The van der Waals surface area contributed by atoms with Crippen molar-refractivity contribution in [2.45, 2.75) is 77.5 Å². The van der Waals surface area contributed by atoms with Crippen molar-refractivity contribution in [3.8, 4) is 0 Å². The molecule has 8 nitrogen and oxygen atoms in total. The Labute approximate surface area is 205 Å². The van der Waals surface area contributed by atoms with Crippen LogP contribution in [0.2, 0.25) is 0 Å². The quantitative estimate of drug-likeness (QED) is 0.445. The van der Waals surface area contributed by atoms with Gasteiger partial charge in [0.05, 0.1) is 25.7 Å². The van der Waals surface area contributed by atoms with E-state index in [-0.39, 0.29) is 31.8 Å². The molecule has 2 aromatic carbocycles. The van der Waals surface area contributed by atoms with E-state index in [9.17, 15) is 14.4 Å². The van der Waals surface area contributed by atoms with Crippen LogP contribution in [0.25, 0.3) is 0 Å². The van der Waals surface area contributed by atoms with Gasteiger partial charge in [-0.1, -0.05) is 60.7 Å². The summed E-state index contributed by atoms with van der Waals surface area (Å²) < 4.78 is 29.4. The Morgan fingerprint density at radius 2 is 1.29 bits per heavy atom. The lowest BCUT2D eigenvalue weighted by Crippen LogP contribution is -2.60. The highest BCUT2D eigenvalue weighted by Crippen LogP contribution is 2.30. The second-order valence-electron chi connectivity index (χ2n) is 8.50. The van der Waals surface area contributed by atoms with Crippen LogP contribution in [0.3, 0.4) is 0 Å². The normalized spacial score (nSPS) is 23.9. The van der Waals surface area contributed by atoms with Gasteiger partial charge < -0.3 is 28.5 Å². The molecule has 35 heavy (non-hydrogen) atoms. The first kappa shape index (κ1) is 26.5. The van der Waals surface area contributed by atoms with Gasteiger partial charge in [0, 0.05) is 13.3 Å². The maximum Gasteiger partial charge on any atom is 0.306 e. The zero-order valence-electron chi connectivity index (χ0n) is 20.3. The first-order valence-electron chi connectivity index (χ1n) is 11.7. The molecule has 1 fully saturated rings. The summed E-state index contributed by atoms with van der Waals surface area (Å²) in [5.74, 6) is -1.33. The summed E-state index contributed by atoms with van der Waals surface area (Å²) in [5, 5.41) is 0. The highest BCUT2D eigenvalue weighted by atomic mass is 16.7. The molecule has 0 aliphatic carbocycles. The van der Waals surface area contributed by atoms with Crippen molar-refractivity contribution in [2.75, 3.05) is 0 Å². The lowest BCUT2D eigenvalue weighted by molar-refractivity contribution is -0.304. The fourth-order valence-electron chi connectivity index (χ4n) is 3.80. The lowest BCUT2D eigenvalue weighted by atomic mass is 9.98. The molecule has 0 N–H and O–H groups in total. The minimum absolute atomic E-state index is 0.0462. The molecule has 1 heterocycles. The monoisotopic (exact) mass is 484 g/mol. The van der Waals surface area contributed by atoms with Crippen LogP contribution in [-0.2, 0) is 51.3 Å². The first-order chi connectivity index (χ1) is 16.8. The standard InChI is InChI=1S/C27H32O8/c1-18(28)14-15-23(30)35-26-25(32-17-22-12-8-5-9-13-22)24(19(2)33-27(26)34-20(3)29)31-16-21-10-6-4-7-11-21/h4-13,19,24-27H,14-17H2,1-3H3/t19-,24-,25+,26+,27-/m0/s1. The van der Waals surface area contributed by atoms with Crippen LogP contribution >= 0.6 is 0 Å². The third kappa shape index (κ3) is 8.28. The van der Waals surface area contributed by atoms with Gasteiger partial charge in [-0.2, -0.15) is 0 Å². The molecule has 0 aromatic heterocycles. The van der Waals surface area contributed by atoms with E-state index >= 15 is 0 Å². The highest BCUT2D eigenvalue weighted by Gasteiger charge is 2.49. The van der Waals surface area contributed by atoms with E-state index < -0.39 is 42.6 Å². The van der Waals surface area contributed by atoms with E-state index in [2.05, 4.69) is 0 Å². The Balaban J connectivity index is 1.85. The maximum atomic E-state index is 12.6. The first-order valence-corrected chi connectivity index (χ1v) is 11.7. The average molecular weight is 485 g/mol. The van der Waals surface area contributed by atoms with Gasteiger partial charge in [-0.3, -0.25) is 9.59 Å². The molecule has 5 atom stereocenters. The molecule has 8 heteroatoms. The molecule has 0 spiro atoms. The number of carbonyl (C=O) groups is 3. The molecule has 188 valence electrons. The Kier molecular flexibility index (Phi) is 9.96. The highest BCUT2D eigenvalue weighted by molar-refractivity contribution is 5.81. The summed E-state index contributed by atoms with van der Waals surface area (Å²) >= 11 is 0. The molecule has 1 aliphatic rings. The number of ether oxygens (including phenoxy) is 5. The molecular weight excluding hydrogens is 452 g/mol. The second kappa shape index (κ2) is 13.1. The van der Waals surface area contributed by atoms with Crippen molar-refractivity contribution in [2.24, 2.45) is 0 Å². The summed E-state index contributed by atoms with van der Waals surface area (Å²) in [6, 6.07) is 19.2. The second-order valence-corrected chi connectivity index (χ2v) is 8.50. The van der Waals surface area contributed by atoms with Crippen LogP contribution in [0.4, 0.5) is 0 Å².